The molecule has 1 aromatic rings. The van der Waals surface area contributed by atoms with Gasteiger partial charge in [0.15, 0.2) is 4.99 Å². The van der Waals surface area contributed by atoms with Gasteiger partial charge in [-0.05, 0) is 19.1 Å². The van der Waals surface area contributed by atoms with Gasteiger partial charge >= 0.3 is 12.1 Å². The molecule has 0 spiro atoms. The number of rotatable bonds is 1. The number of nitrogens with two attached hydrogens (primary N) is 1. The van der Waals surface area contributed by atoms with Crippen LogP contribution in [0.2, 0.25) is 0 Å². The van der Waals surface area contributed by atoms with E-state index in [1.165, 1.54) is 6.92 Å². The normalized spacial score (nSPS) is 24.9. The lowest BCUT2D eigenvalue weighted by atomic mass is 10.3. The molecule has 1 fully saturated rings. The van der Waals surface area contributed by atoms with Gasteiger partial charge in [-0.3, -0.25) is 0 Å². The van der Waals surface area contributed by atoms with Crippen molar-refractivity contribution in [1.29, 1.82) is 0 Å². The molecule has 1 aliphatic heterocycles. The van der Waals surface area contributed by atoms with Crippen LogP contribution >= 0.6 is 12.6 Å². The molecular weight excluding hydrogens is 240 g/mol. The molecule has 1 atom stereocenters. The third kappa shape index (κ3) is 1.94. The van der Waals surface area contributed by atoms with Gasteiger partial charge in [0.05, 0.1) is 5.69 Å². The molecule has 0 saturated carbocycles. The van der Waals surface area contributed by atoms with Crippen molar-refractivity contribution in [3.05, 3.63) is 30.3 Å². The topological polar surface area (TPSA) is 78.7 Å². The van der Waals surface area contributed by atoms with Crippen LogP contribution in [0.1, 0.15) is 6.92 Å². The monoisotopic (exact) mass is 252 g/mol. The number of anilines is 1. The van der Waals surface area contributed by atoms with E-state index in [0.717, 1.165) is 9.91 Å². The van der Waals surface area contributed by atoms with E-state index in [9.17, 15) is 9.59 Å². The fourth-order valence-electron chi connectivity index (χ4n) is 1.50. The Morgan fingerprint density at radius 1 is 1.29 bits per heavy atom. The number of carbonyl (C=O) groups is 2. The molecule has 0 aliphatic carbocycles. The first kappa shape index (κ1) is 11.7. The first-order chi connectivity index (χ1) is 7.93. The molecule has 6 nitrogen and oxygen atoms in total. The molecule has 2 rings (SSSR count). The number of thiol groups is 1. The van der Waals surface area contributed by atoms with Crippen molar-refractivity contribution >= 4 is 30.4 Å². The molecule has 1 aliphatic rings. The SMILES string of the molecule is CC1(S)NC(=O)N(c2ccccc2)C(=O)N1N. The Kier molecular flexibility index (Phi) is 2.72. The van der Waals surface area contributed by atoms with Crippen molar-refractivity contribution in [3.8, 4) is 0 Å². The number of hydrazine groups is 1. The van der Waals surface area contributed by atoms with E-state index in [-0.39, 0.29) is 0 Å². The molecule has 0 bridgehead atoms. The highest BCUT2D eigenvalue weighted by Gasteiger charge is 2.43. The predicted octanol–water partition coefficient (Wildman–Crippen LogP) is 1.12. The molecule has 1 unspecified atom stereocenters. The molecule has 1 heterocycles. The zero-order chi connectivity index (χ0) is 12.6. The second kappa shape index (κ2) is 3.94. The maximum Gasteiger partial charge on any atom is 0.349 e. The van der Waals surface area contributed by atoms with Crippen LogP contribution in [-0.4, -0.2) is 22.1 Å². The quantitative estimate of drug-likeness (QED) is 0.398. The van der Waals surface area contributed by atoms with Gasteiger partial charge in [-0.2, -0.15) is 0 Å². The maximum atomic E-state index is 12.0. The number of hydrogen-bond acceptors (Lipinski definition) is 4. The van der Waals surface area contributed by atoms with Crippen molar-refractivity contribution in [2.45, 2.75) is 11.9 Å². The average Bonchev–Trinajstić information content (AvgIpc) is 2.27. The Balaban J connectivity index is 2.37. The summed E-state index contributed by atoms with van der Waals surface area (Å²) in [6.45, 7) is 1.52. The molecular formula is C10H12N4O2S. The number of amides is 4. The zero-order valence-corrected chi connectivity index (χ0v) is 10.0. The third-order valence-corrected chi connectivity index (χ3v) is 2.75. The fourth-order valence-corrected chi connectivity index (χ4v) is 1.69. The number of nitrogens with zero attached hydrogens (tertiary/aromatic N) is 2. The van der Waals surface area contributed by atoms with Gasteiger partial charge in [0.1, 0.15) is 0 Å². The second-order valence-corrected chi connectivity index (χ2v) is 4.65. The molecule has 7 heteroatoms. The number of imide groups is 1. The predicted molar refractivity (Wildman–Crippen MR) is 66.3 cm³/mol. The standard InChI is InChI=1S/C10H12N4O2S/c1-10(17)12-8(15)13(9(16)14(10)11)7-5-3-2-4-6-7/h2-6,17H,11H2,1H3,(H,12,15). The summed E-state index contributed by atoms with van der Waals surface area (Å²) < 4.78 is 0. The number of para-hydroxylation sites is 1. The second-order valence-electron chi connectivity index (χ2n) is 3.77. The minimum absolute atomic E-state index is 0.453. The largest absolute Gasteiger partial charge is 0.349 e. The lowest BCUT2D eigenvalue weighted by Crippen LogP contribution is -2.71. The van der Waals surface area contributed by atoms with Gasteiger partial charge < -0.3 is 5.32 Å². The lowest BCUT2D eigenvalue weighted by Gasteiger charge is -2.42. The summed E-state index contributed by atoms with van der Waals surface area (Å²) in [4.78, 5) is 23.6. The third-order valence-electron chi connectivity index (χ3n) is 2.43. The van der Waals surface area contributed by atoms with Crippen LogP contribution in [0.15, 0.2) is 30.3 Å². The van der Waals surface area contributed by atoms with E-state index in [1.807, 2.05) is 0 Å². The average molecular weight is 252 g/mol. The van der Waals surface area contributed by atoms with Gasteiger partial charge in [-0.15, -0.1) is 12.6 Å². The summed E-state index contributed by atoms with van der Waals surface area (Å²) in [5.41, 5.74) is 0.453. The van der Waals surface area contributed by atoms with Crippen molar-refractivity contribution in [3.63, 3.8) is 0 Å². The molecule has 90 valence electrons. The summed E-state index contributed by atoms with van der Waals surface area (Å²) in [5, 5.41) is 3.38. The summed E-state index contributed by atoms with van der Waals surface area (Å²) in [6, 6.07) is 7.35. The lowest BCUT2D eigenvalue weighted by molar-refractivity contribution is 0.147. The number of carbonyl (C=O) groups excluding carboxylic acids is 2. The molecule has 17 heavy (non-hydrogen) atoms. The van der Waals surface area contributed by atoms with E-state index in [2.05, 4.69) is 17.9 Å². The van der Waals surface area contributed by atoms with Crippen molar-refractivity contribution < 1.29 is 9.59 Å². The number of urea groups is 2. The van der Waals surface area contributed by atoms with Gasteiger partial charge in [0.2, 0.25) is 0 Å². The first-order valence-electron chi connectivity index (χ1n) is 4.92. The number of nitrogens with one attached hydrogen (secondary N) is 1. The molecule has 3 N–H and O–H groups in total. The van der Waals surface area contributed by atoms with Crippen LogP contribution < -0.4 is 16.1 Å². The van der Waals surface area contributed by atoms with E-state index < -0.39 is 17.1 Å². The van der Waals surface area contributed by atoms with Crippen LogP contribution in [0, 0.1) is 0 Å². The first-order valence-corrected chi connectivity index (χ1v) is 5.37. The Hall–Kier alpha value is -1.73. The fraction of sp³-hybridized carbons (Fsp3) is 0.200. The minimum atomic E-state index is -1.19. The molecule has 0 aromatic heterocycles. The Bertz CT molecular complexity index is 463. The summed E-state index contributed by atoms with van der Waals surface area (Å²) in [7, 11) is 0. The molecule has 1 aromatic carbocycles. The van der Waals surface area contributed by atoms with E-state index in [4.69, 9.17) is 5.84 Å². The van der Waals surface area contributed by atoms with Crippen molar-refractivity contribution in [2.75, 3.05) is 4.90 Å². The van der Waals surface area contributed by atoms with Crippen molar-refractivity contribution in [2.24, 2.45) is 5.84 Å². The van der Waals surface area contributed by atoms with Crippen LogP contribution in [-0.2, 0) is 0 Å². The summed E-state index contributed by atoms with van der Waals surface area (Å²) in [6.07, 6.45) is 0. The van der Waals surface area contributed by atoms with Crippen molar-refractivity contribution in [1.82, 2.24) is 10.3 Å². The van der Waals surface area contributed by atoms with Crippen LogP contribution in [0.3, 0.4) is 0 Å². The number of benzene rings is 1. The van der Waals surface area contributed by atoms with Gasteiger partial charge in [-0.1, -0.05) is 18.2 Å². The van der Waals surface area contributed by atoms with E-state index >= 15 is 0 Å². The highest BCUT2D eigenvalue weighted by molar-refractivity contribution is 7.81. The van der Waals surface area contributed by atoms with Crippen LogP contribution in [0.5, 0.6) is 0 Å². The van der Waals surface area contributed by atoms with Gasteiger partial charge in [0.25, 0.3) is 0 Å². The van der Waals surface area contributed by atoms with Gasteiger partial charge in [0, 0.05) is 0 Å². The highest BCUT2D eigenvalue weighted by atomic mass is 32.1. The van der Waals surface area contributed by atoms with Crippen LogP contribution in [0.25, 0.3) is 0 Å². The molecule has 4 amide bonds. The Morgan fingerprint density at radius 2 is 1.88 bits per heavy atom. The Labute approximate surface area is 104 Å². The summed E-state index contributed by atoms with van der Waals surface area (Å²) in [5.74, 6) is 5.60. The van der Waals surface area contributed by atoms with E-state index in [0.29, 0.717) is 5.69 Å². The van der Waals surface area contributed by atoms with E-state index in [1.54, 1.807) is 30.3 Å². The Morgan fingerprint density at radius 3 is 2.47 bits per heavy atom. The smallest absolute Gasteiger partial charge is 0.305 e. The van der Waals surface area contributed by atoms with Gasteiger partial charge in [-0.25, -0.2) is 25.3 Å². The minimum Gasteiger partial charge on any atom is -0.305 e. The number of hydrogen-bond donors (Lipinski definition) is 3. The molecule has 0 radical (unpaired) electrons. The zero-order valence-electron chi connectivity index (χ0n) is 9.12. The molecule has 1 saturated heterocycles. The maximum absolute atomic E-state index is 12.0. The van der Waals surface area contributed by atoms with Crippen LogP contribution in [0.4, 0.5) is 15.3 Å². The highest BCUT2D eigenvalue weighted by Crippen LogP contribution is 2.24. The summed E-state index contributed by atoms with van der Waals surface area (Å²) >= 11 is 4.11.